The third-order valence-electron chi connectivity index (χ3n) is 3.25. The van der Waals surface area contributed by atoms with Gasteiger partial charge in [-0.15, -0.1) is 5.10 Å². The van der Waals surface area contributed by atoms with Gasteiger partial charge in [-0.2, -0.15) is 0 Å². The second kappa shape index (κ2) is 6.48. The average molecular weight is 259 g/mol. The van der Waals surface area contributed by atoms with E-state index < -0.39 is 0 Å². The predicted octanol–water partition coefficient (Wildman–Crippen LogP) is 2.94. The maximum atomic E-state index is 9.40. The van der Waals surface area contributed by atoms with E-state index in [1.165, 1.54) is 18.4 Å². The van der Waals surface area contributed by atoms with Crippen LogP contribution in [0.15, 0.2) is 24.3 Å². The molecule has 1 heterocycles. The summed E-state index contributed by atoms with van der Waals surface area (Å²) in [4.78, 5) is 0. The van der Waals surface area contributed by atoms with Crippen molar-refractivity contribution in [2.24, 2.45) is 0 Å². The molecule has 0 fully saturated rings. The number of aromatic nitrogens is 3. The van der Waals surface area contributed by atoms with E-state index in [1.807, 2.05) is 4.68 Å². The lowest BCUT2D eigenvalue weighted by molar-refractivity contribution is 0.277. The molecular formula is C15H21N3O. The van der Waals surface area contributed by atoms with E-state index in [9.17, 15) is 5.11 Å². The van der Waals surface area contributed by atoms with Crippen molar-refractivity contribution in [3.63, 3.8) is 0 Å². The van der Waals surface area contributed by atoms with Crippen LogP contribution in [0.4, 0.5) is 0 Å². The molecule has 0 amide bonds. The van der Waals surface area contributed by atoms with Crippen LogP contribution >= 0.6 is 0 Å². The normalized spacial score (nSPS) is 10.9. The summed E-state index contributed by atoms with van der Waals surface area (Å²) in [7, 11) is 0. The molecule has 102 valence electrons. The first kappa shape index (κ1) is 13.7. The SMILES string of the molecule is CCCCCn1nnc(CO)c1-c1ccc(C)cc1. The second-order valence-corrected chi connectivity index (χ2v) is 4.84. The number of rotatable bonds is 6. The molecule has 2 aromatic rings. The summed E-state index contributed by atoms with van der Waals surface area (Å²) in [6.07, 6.45) is 3.45. The van der Waals surface area contributed by atoms with Crippen LogP contribution in [-0.4, -0.2) is 20.1 Å². The molecule has 0 bridgehead atoms. The van der Waals surface area contributed by atoms with Crippen molar-refractivity contribution < 1.29 is 5.11 Å². The zero-order valence-electron chi connectivity index (χ0n) is 11.6. The second-order valence-electron chi connectivity index (χ2n) is 4.84. The molecule has 1 aromatic heterocycles. The fraction of sp³-hybridized carbons (Fsp3) is 0.467. The smallest absolute Gasteiger partial charge is 0.116 e. The lowest BCUT2D eigenvalue weighted by Crippen LogP contribution is -2.03. The molecule has 1 N–H and O–H groups in total. The lowest BCUT2D eigenvalue weighted by atomic mass is 10.1. The van der Waals surface area contributed by atoms with Crippen molar-refractivity contribution in [3.8, 4) is 11.3 Å². The molecule has 0 saturated carbocycles. The average Bonchev–Trinajstić information content (AvgIpc) is 2.83. The molecule has 0 unspecified atom stereocenters. The number of aryl methyl sites for hydroxylation is 2. The van der Waals surface area contributed by atoms with Gasteiger partial charge in [0.15, 0.2) is 0 Å². The Hall–Kier alpha value is -1.68. The minimum Gasteiger partial charge on any atom is -0.390 e. The summed E-state index contributed by atoms with van der Waals surface area (Å²) in [5, 5.41) is 17.6. The first-order chi connectivity index (χ1) is 9.26. The van der Waals surface area contributed by atoms with Crippen molar-refractivity contribution in [1.29, 1.82) is 0 Å². The van der Waals surface area contributed by atoms with Crippen molar-refractivity contribution in [2.45, 2.75) is 46.3 Å². The fourth-order valence-corrected chi connectivity index (χ4v) is 2.15. The molecule has 19 heavy (non-hydrogen) atoms. The molecule has 4 heteroatoms. The molecular weight excluding hydrogens is 238 g/mol. The molecule has 0 radical (unpaired) electrons. The number of benzene rings is 1. The van der Waals surface area contributed by atoms with Gasteiger partial charge in [-0.3, -0.25) is 0 Å². The Bertz CT molecular complexity index is 517. The zero-order valence-corrected chi connectivity index (χ0v) is 11.6. The Balaban J connectivity index is 2.30. The van der Waals surface area contributed by atoms with Crippen LogP contribution in [0.25, 0.3) is 11.3 Å². The molecule has 0 saturated heterocycles. The van der Waals surface area contributed by atoms with Gasteiger partial charge in [0.1, 0.15) is 5.69 Å². The Labute approximate surface area is 114 Å². The maximum absolute atomic E-state index is 9.40. The van der Waals surface area contributed by atoms with E-state index in [1.54, 1.807) is 0 Å². The summed E-state index contributed by atoms with van der Waals surface area (Å²) < 4.78 is 1.91. The van der Waals surface area contributed by atoms with Crippen LogP contribution in [0.1, 0.15) is 37.4 Å². The molecule has 0 atom stereocenters. The van der Waals surface area contributed by atoms with Crippen LogP contribution < -0.4 is 0 Å². The van der Waals surface area contributed by atoms with Crippen LogP contribution in [0.5, 0.6) is 0 Å². The van der Waals surface area contributed by atoms with Gasteiger partial charge in [-0.05, 0) is 13.3 Å². The third-order valence-corrected chi connectivity index (χ3v) is 3.25. The van der Waals surface area contributed by atoms with E-state index in [-0.39, 0.29) is 6.61 Å². The largest absolute Gasteiger partial charge is 0.390 e. The van der Waals surface area contributed by atoms with Crippen molar-refractivity contribution in [2.75, 3.05) is 0 Å². The summed E-state index contributed by atoms with van der Waals surface area (Å²) in [6.45, 7) is 5.02. The standard InChI is InChI=1S/C15H21N3O/c1-3-4-5-10-18-15(14(11-19)16-17-18)13-8-6-12(2)7-9-13/h6-9,19H,3-5,10-11H2,1-2H3. The first-order valence-electron chi connectivity index (χ1n) is 6.86. The fourth-order valence-electron chi connectivity index (χ4n) is 2.15. The zero-order chi connectivity index (χ0) is 13.7. The maximum Gasteiger partial charge on any atom is 0.116 e. The summed E-state index contributed by atoms with van der Waals surface area (Å²) >= 11 is 0. The highest BCUT2D eigenvalue weighted by atomic mass is 16.3. The van der Waals surface area contributed by atoms with E-state index in [2.05, 4.69) is 48.4 Å². The quantitative estimate of drug-likeness (QED) is 0.811. The van der Waals surface area contributed by atoms with Crippen LogP contribution in [-0.2, 0) is 13.2 Å². The molecule has 0 aliphatic carbocycles. The van der Waals surface area contributed by atoms with Gasteiger partial charge in [0, 0.05) is 12.1 Å². The number of aliphatic hydroxyl groups is 1. The summed E-state index contributed by atoms with van der Waals surface area (Å²) in [6, 6.07) is 8.26. The van der Waals surface area contributed by atoms with Gasteiger partial charge < -0.3 is 5.11 Å². The van der Waals surface area contributed by atoms with Crippen molar-refractivity contribution in [3.05, 3.63) is 35.5 Å². The van der Waals surface area contributed by atoms with Crippen LogP contribution in [0.2, 0.25) is 0 Å². The third kappa shape index (κ3) is 3.20. The number of hydrogen-bond donors (Lipinski definition) is 1. The van der Waals surface area contributed by atoms with Gasteiger partial charge in [0.25, 0.3) is 0 Å². The predicted molar refractivity (Wildman–Crippen MR) is 75.6 cm³/mol. The topological polar surface area (TPSA) is 50.9 Å². The van der Waals surface area contributed by atoms with E-state index in [0.29, 0.717) is 5.69 Å². The van der Waals surface area contributed by atoms with E-state index in [0.717, 1.165) is 24.2 Å². The molecule has 4 nitrogen and oxygen atoms in total. The Morgan fingerprint density at radius 3 is 2.53 bits per heavy atom. The number of hydrogen-bond acceptors (Lipinski definition) is 3. The highest BCUT2D eigenvalue weighted by Gasteiger charge is 2.13. The Kier molecular flexibility index (Phi) is 4.68. The highest BCUT2D eigenvalue weighted by Crippen LogP contribution is 2.23. The summed E-state index contributed by atoms with van der Waals surface area (Å²) in [5.41, 5.74) is 3.88. The van der Waals surface area contributed by atoms with Crippen LogP contribution in [0.3, 0.4) is 0 Å². The van der Waals surface area contributed by atoms with Crippen molar-refractivity contribution in [1.82, 2.24) is 15.0 Å². The van der Waals surface area contributed by atoms with Gasteiger partial charge in [-0.1, -0.05) is 54.8 Å². The number of aliphatic hydroxyl groups excluding tert-OH is 1. The lowest BCUT2D eigenvalue weighted by Gasteiger charge is -2.08. The molecule has 0 aliphatic heterocycles. The highest BCUT2D eigenvalue weighted by molar-refractivity contribution is 5.62. The molecule has 0 spiro atoms. The molecule has 2 rings (SSSR count). The van der Waals surface area contributed by atoms with Gasteiger partial charge in [0.05, 0.1) is 12.3 Å². The number of nitrogens with zero attached hydrogens (tertiary/aromatic N) is 3. The minimum absolute atomic E-state index is 0.0724. The molecule has 0 aliphatic rings. The minimum atomic E-state index is -0.0724. The summed E-state index contributed by atoms with van der Waals surface area (Å²) in [5.74, 6) is 0. The van der Waals surface area contributed by atoms with Gasteiger partial charge in [0.2, 0.25) is 0 Å². The monoisotopic (exact) mass is 259 g/mol. The first-order valence-corrected chi connectivity index (χ1v) is 6.86. The van der Waals surface area contributed by atoms with E-state index >= 15 is 0 Å². The van der Waals surface area contributed by atoms with Gasteiger partial charge in [-0.25, -0.2) is 4.68 Å². The van der Waals surface area contributed by atoms with E-state index in [4.69, 9.17) is 0 Å². The molecule has 1 aromatic carbocycles. The Morgan fingerprint density at radius 2 is 1.89 bits per heavy atom. The number of unbranched alkanes of at least 4 members (excludes halogenated alkanes) is 2. The Morgan fingerprint density at radius 1 is 1.16 bits per heavy atom. The van der Waals surface area contributed by atoms with Crippen LogP contribution in [0, 0.1) is 6.92 Å². The van der Waals surface area contributed by atoms with Crippen molar-refractivity contribution >= 4 is 0 Å². The van der Waals surface area contributed by atoms with Gasteiger partial charge >= 0.3 is 0 Å².